The zero-order valence-electron chi connectivity index (χ0n) is 16.0. The van der Waals surface area contributed by atoms with E-state index in [0.29, 0.717) is 6.54 Å². The summed E-state index contributed by atoms with van der Waals surface area (Å²) in [5.41, 5.74) is 9.30. The van der Waals surface area contributed by atoms with Crippen molar-refractivity contribution >= 4 is 30.7 Å². The summed E-state index contributed by atoms with van der Waals surface area (Å²) in [7, 11) is 0. The van der Waals surface area contributed by atoms with Crippen LogP contribution in [0, 0.1) is 12.7 Å². The third-order valence-electron chi connectivity index (χ3n) is 4.92. The molecular weight excluding hydrogens is 400 g/mol. The van der Waals surface area contributed by atoms with Gasteiger partial charge in [0.1, 0.15) is 11.9 Å². The Hall–Kier alpha value is -1.66. The standard InChI is InChI=1S/C21H26FN3O.2ClH/c1-16-3-7-18(8-4-16)20(23)21(26)25-12-2-11-24(13-14-25)15-17-5-9-19(22)10-6-17;;/h3-10,20H,2,11-15,23H2,1H3;2*1H. The molecular formula is C21H28Cl2FN3O. The Balaban J connectivity index is 0.00000196. The van der Waals surface area contributed by atoms with Crippen molar-refractivity contribution in [1.29, 1.82) is 0 Å². The van der Waals surface area contributed by atoms with Crippen molar-refractivity contribution in [3.63, 3.8) is 0 Å². The fourth-order valence-electron chi connectivity index (χ4n) is 3.31. The molecule has 0 spiro atoms. The van der Waals surface area contributed by atoms with Gasteiger partial charge in [-0.25, -0.2) is 4.39 Å². The van der Waals surface area contributed by atoms with Crippen LogP contribution >= 0.6 is 24.8 Å². The lowest BCUT2D eigenvalue weighted by Crippen LogP contribution is -2.40. The Morgan fingerprint density at radius 2 is 1.64 bits per heavy atom. The predicted molar refractivity (Wildman–Crippen MR) is 115 cm³/mol. The van der Waals surface area contributed by atoms with E-state index in [1.165, 1.54) is 12.1 Å². The lowest BCUT2D eigenvalue weighted by Gasteiger charge is -2.25. The van der Waals surface area contributed by atoms with E-state index in [9.17, 15) is 9.18 Å². The largest absolute Gasteiger partial charge is 0.340 e. The Kier molecular flexibility index (Phi) is 9.90. The first-order chi connectivity index (χ1) is 12.5. The molecule has 0 bridgehead atoms. The maximum atomic E-state index is 13.0. The first kappa shape index (κ1) is 24.4. The Morgan fingerprint density at radius 3 is 2.29 bits per heavy atom. The SMILES string of the molecule is Cc1ccc(C(N)C(=O)N2CCCN(Cc3ccc(F)cc3)CC2)cc1.Cl.Cl. The van der Waals surface area contributed by atoms with Crippen molar-refractivity contribution in [2.75, 3.05) is 26.2 Å². The summed E-state index contributed by atoms with van der Waals surface area (Å²) in [6.07, 6.45) is 0.910. The molecule has 154 valence electrons. The van der Waals surface area contributed by atoms with Crippen LogP contribution in [0.3, 0.4) is 0 Å². The molecule has 0 aromatic heterocycles. The Labute approximate surface area is 178 Å². The average molecular weight is 428 g/mol. The van der Waals surface area contributed by atoms with E-state index in [4.69, 9.17) is 5.73 Å². The van der Waals surface area contributed by atoms with Gasteiger partial charge in [-0.05, 0) is 36.6 Å². The summed E-state index contributed by atoms with van der Waals surface area (Å²) in [4.78, 5) is 17.0. The van der Waals surface area contributed by atoms with E-state index in [1.54, 1.807) is 0 Å². The number of aryl methyl sites for hydroxylation is 1. The van der Waals surface area contributed by atoms with Crippen LogP contribution in [0.5, 0.6) is 0 Å². The van der Waals surface area contributed by atoms with E-state index in [0.717, 1.165) is 49.3 Å². The summed E-state index contributed by atoms with van der Waals surface area (Å²) >= 11 is 0. The van der Waals surface area contributed by atoms with E-state index in [-0.39, 0.29) is 36.5 Å². The minimum absolute atomic E-state index is 0. The number of amides is 1. The second-order valence-electron chi connectivity index (χ2n) is 6.97. The molecule has 0 radical (unpaired) electrons. The van der Waals surface area contributed by atoms with Gasteiger partial charge in [-0.15, -0.1) is 24.8 Å². The molecule has 0 saturated carbocycles. The quantitative estimate of drug-likeness (QED) is 0.808. The molecule has 1 aliphatic heterocycles. The monoisotopic (exact) mass is 427 g/mol. The summed E-state index contributed by atoms with van der Waals surface area (Å²) in [6, 6.07) is 13.8. The second kappa shape index (κ2) is 11.4. The Morgan fingerprint density at radius 1 is 1.00 bits per heavy atom. The maximum Gasteiger partial charge on any atom is 0.244 e. The highest BCUT2D eigenvalue weighted by Crippen LogP contribution is 2.16. The van der Waals surface area contributed by atoms with Gasteiger partial charge in [0.05, 0.1) is 0 Å². The van der Waals surface area contributed by atoms with Crippen molar-refractivity contribution in [3.8, 4) is 0 Å². The first-order valence-corrected chi connectivity index (χ1v) is 9.10. The minimum atomic E-state index is -0.612. The number of nitrogens with zero attached hydrogens (tertiary/aromatic N) is 2. The molecule has 1 atom stereocenters. The van der Waals surface area contributed by atoms with Gasteiger partial charge in [-0.3, -0.25) is 9.69 Å². The van der Waals surface area contributed by atoms with Gasteiger partial charge in [0.2, 0.25) is 5.91 Å². The maximum absolute atomic E-state index is 13.0. The van der Waals surface area contributed by atoms with E-state index < -0.39 is 6.04 Å². The number of hydrogen-bond donors (Lipinski definition) is 1. The van der Waals surface area contributed by atoms with Crippen molar-refractivity contribution in [1.82, 2.24) is 9.80 Å². The molecule has 1 amide bonds. The lowest BCUT2D eigenvalue weighted by molar-refractivity contribution is -0.132. The number of nitrogens with two attached hydrogens (primary N) is 1. The molecule has 1 fully saturated rings. The van der Waals surface area contributed by atoms with Crippen LogP contribution in [0.2, 0.25) is 0 Å². The van der Waals surface area contributed by atoms with Gasteiger partial charge < -0.3 is 10.6 Å². The molecule has 2 aromatic rings. The van der Waals surface area contributed by atoms with Gasteiger partial charge in [0, 0.05) is 32.7 Å². The molecule has 2 aromatic carbocycles. The van der Waals surface area contributed by atoms with Crippen molar-refractivity contribution in [3.05, 3.63) is 71.0 Å². The fraction of sp³-hybridized carbons (Fsp3) is 0.381. The molecule has 1 saturated heterocycles. The molecule has 7 heteroatoms. The third kappa shape index (κ3) is 6.45. The van der Waals surface area contributed by atoms with Gasteiger partial charge >= 0.3 is 0 Å². The highest BCUT2D eigenvalue weighted by Gasteiger charge is 2.24. The van der Waals surface area contributed by atoms with E-state index in [2.05, 4.69) is 4.90 Å². The minimum Gasteiger partial charge on any atom is -0.340 e. The van der Waals surface area contributed by atoms with Crippen LogP contribution in [-0.4, -0.2) is 41.9 Å². The van der Waals surface area contributed by atoms with Crippen LogP contribution < -0.4 is 5.73 Å². The topological polar surface area (TPSA) is 49.6 Å². The number of halogens is 3. The molecule has 28 heavy (non-hydrogen) atoms. The molecule has 1 unspecified atom stereocenters. The van der Waals surface area contributed by atoms with E-state index in [1.807, 2.05) is 48.2 Å². The van der Waals surface area contributed by atoms with Gasteiger partial charge in [-0.2, -0.15) is 0 Å². The number of benzene rings is 2. The Bertz CT molecular complexity index is 740. The number of rotatable bonds is 4. The molecule has 0 aliphatic carbocycles. The molecule has 4 nitrogen and oxygen atoms in total. The predicted octanol–water partition coefficient (Wildman–Crippen LogP) is 3.71. The van der Waals surface area contributed by atoms with Gasteiger partial charge in [0.25, 0.3) is 0 Å². The number of carbonyl (C=O) groups is 1. The summed E-state index contributed by atoms with van der Waals surface area (Å²) in [5.74, 6) is -0.232. The smallest absolute Gasteiger partial charge is 0.244 e. The molecule has 3 rings (SSSR count). The average Bonchev–Trinajstić information content (AvgIpc) is 2.89. The van der Waals surface area contributed by atoms with Gasteiger partial charge in [0.15, 0.2) is 0 Å². The van der Waals surface area contributed by atoms with Crippen molar-refractivity contribution < 1.29 is 9.18 Å². The lowest BCUT2D eigenvalue weighted by atomic mass is 10.0. The highest BCUT2D eigenvalue weighted by atomic mass is 35.5. The summed E-state index contributed by atoms with van der Waals surface area (Å²) in [5, 5.41) is 0. The van der Waals surface area contributed by atoms with Crippen LogP contribution in [0.25, 0.3) is 0 Å². The van der Waals surface area contributed by atoms with Crippen LogP contribution in [0.15, 0.2) is 48.5 Å². The van der Waals surface area contributed by atoms with Crippen LogP contribution in [0.1, 0.15) is 29.2 Å². The van der Waals surface area contributed by atoms with E-state index >= 15 is 0 Å². The normalized spacial score (nSPS) is 15.8. The zero-order valence-corrected chi connectivity index (χ0v) is 17.6. The highest BCUT2D eigenvalue weighted by molar-refractivity contribution is 5.85. The number of hydrogen-bond acceptors (Lipinski definition) is 3. The molecule has 1 heterocycles. The molecule has 1 aliphatic rings. The van der Waals surface area contributed by atoms with Crippen molar-refractivity contribution in [2.45, 2.75) is 25.9 Å². The zero-order chi connectivity index (χ0) is 18.5. The third-order valence-corrected chi connectivity index (χ3v) is 4.92. The van der Waals surface area contributed by atoms with Gasteiger partial charge in [-0.1, -0.05) is 42.0 Å². The number of carbonyl (C=O) groups excluding carboxylic acids is 1. The first-order valence-electron chi connectivity index (χ1n) is 9.10. The second-order valence-corrected chi connectivity index (χ2v) is 6.97. The van der Waals surface area contributed by atoms with Crippen molar-refractivity contribution in [2.24, 2.45) is 5.73 Å². The fourth-order valence-corrected chi connectivity index (χ4v) is 3.31. The van der Waals surface area contributed by atoms with Crippen LogP contribution in [-0.2, 0) is 11.3 Å². The molecule has 2 N–H and O–H groups in total. The summed E-state index contributed by atoms with van der Waals surface area (Å²) in [6.45, 7) is 5.89. The van der Waals surface area contributed by atoms with Crippen LogP contribution in [0.4, 0.5) is 4.39 Å². The summed E-state index contributed by atoms with van der Waals surface area (Å²) < 4.78 is 13.0.